The van der Waals surface area contributed by atoms with Crippen LogP contribution in [0.3, 0.4) is 0 Å². The van der Waals surface area contributed by atoms with Gasteiger partial charge in [-0.2, -0.15) is 0 Å². The molecular formula is C22H16N6O. The fraction of sp³-hybridized carbons (Fsp3) is 0.0455. The second kappa shape index (κ2) is 6.49. The number of nitrogens with two attached hydrogens (primary N) is 1. The first-order valence-electron chi connectivity index (χ1n) is 9.07. The number of carbonyl (C=O) groups is 1. The Morgan fingerprint density at radius 1 is 0.966 bits per heavy atom. The molecule has 0 fully saturated rings. The van der Waals surface area contributed by atoms with Crippen molar-refractivity contribution in [3.8, 4) is 22.5 Å². The summed E-state index contributed by atoms with van der Waals surface area (Å²) in [6.07, 6.45) is 6.92. The van der Waals surface area contributed by atoms with Crippen LogP contribution in [0, 0.1) is 0 Å². The molecule has 5 rings (SSSR count). The lowest BCUT2D eigenvalue weighted by molar-refractivity contribution is 0.101. The third kappa shape index (κ3) is 2.80. The molecule has 29 heavy (non-hydrogen) atoms. The van der Waals surface area contributed by atoms with Crippen LogP contribution in [0.5, 0.6) is 0 Å². The molecule has 140 valence electrons. The summed E-state index contributed by atoms with van der Waals surface area (Å²) in [4.78, 5) is 29.4. The lowest BCUT2D eigenvalue weighted by Gasteiger charge is -2.14. The summed E-state index contributed by atoms with van der Waals surface area (Å²) >= 11 is 0. The number of Topliss-reactive ketones (excluding diaryl/α,β-unsaturated/α-hetero) is 1. The minimum absolute atomic E-state index is 0.109. The van der Waals surface area contributed by atoms with E-state index in [1.165, 1.54) is 6.92 Å². The van der Waals surface area contributed by atoms with Gasteiger partial charge in [0.2, 0.25) is 0 Å². The Kier molecular flexibility index (Phi) is 3.80. The van der Waals surface area contributed by atoms with Crippen LogP contribution >= 0.6 is 0 Å². The molecule has 7 nitrogen and oxygen atoms in total. The average Bonchev–Trinajstić information content (AvgIpc) is 3.24. The standard InChI is InChI=1S/C22H16N6O/c1-13(29)18-12-15(6-8-25-18)19-20(28-10-9-26-22(28)21(23)27-19)16-4-5-17-14(11-16)3-2-7-24-17/h2-12H,1H3,(H2,23,27). The van der Waals surface area contributed by atoms with E-state index in [1.54, 1.807) is 24.7 Å². The van der Waals surface area contributed by atoms with Crippen LogP contribution in [0.4, 0.5) is 5.82 Å². The van der Waals surface area contributed by atoms with Crippen LogP contribution in [0.15, 0.2) is 67.3 Å². The maximum atomic E-state index is 11.8. The number of carbonyl (C=O) groups excluding carboxylic acids is 1. The minimum atomic E-state index is -0.109. The van der Waals surface area contributed by atoms with Gasteiger partial charge in [0.1, 0.15) is 5.69 Å². The molecule has 5 aromatic rings. The summed E-state index contributed by atoms with van der Waals surface area (Å²) in [5, 5.41) is 1.01. The Hall–Kier alpha value is -4.13. The Morgan fingerprint density at radius 2 is 1.86 bits per heavy atom. The quantitative estimate of drug-likeness (QED) is 0.478. The van der Waals surface area contributed by atoms with Gasteiger partial charge in [0.05, 0.1) is 16.9 Å². The topological polar surface area (TPSA) is 99.1 Å². The molecule has 0 spiro atoms. The zero-order valence-corrected chi connectivity index (χ0v) is 15.6. The highest BCUT2D eigenvalue weighted by Gasteiger charge is 2.18. The number of fused-ring (bicyclic) bond motifs is 2. The van der Waals surface area contributed by atoms with Gasteiger partial charge in [-0.05, 0) is 30.3 Å². The highest BCUT2D eigenvalue weighted by Crippen LogP contribution is 2.34. The van der Waals surface area contributed by atoms with Crippen molar-refractivity contribution in [3.05, 3.63) is 72.9 Å². The molecule has 0 saturated carbocycles. The lowest BCUT2D eigenvalue weighted by atomic mass is 10.0. The van der Waals surface area contributed by atoms with Crippen molar-refractivity contribution in [2.75, 3.05) is 5.73 Å². The number of anilines is 1. The van der Waals surface area contributed by atoms with E-state index >= 15 is 0 Å². The third-order valence-corrected chi connectivity index (χ3v) is 4.84. The van der Waals surface area contributed by atoms with E-state index in [-0.39, 0.29) is 5.78 Å². The molecule has 2 N–H and O–H groups in total. The molecular weight excluding hydrogens is 364 g/mol. The zero-order valence-electron chi connectivity index (χ0n) is 15.6. The van der Waals surface area contributed by atoms with Crippen molar-refractivity contribution >= 4 is 28.2 Å². The van der Waals surface area contributed by atoms with Crippen LogP contribution in [0.2, 0.25) is 0 Å². The van der Waals surface area contributed by atoms with E-state index in [9.17, 15) is 4.79 Å². The van der Waals surface area contributed by atoms with E-state index < -0.39 is 0 Å². The van der Waals surface area contributed by atoms with Gasteiger partial charge in [-0.15, -0.1) is 0 Å². The normalized spacial score (nSPS) is 11.2. The first-order valence-corrected chi connectivity index (χ1v) is 9.07. The number of rotatable bonds is 3. The summed E-state index contributed by atoms with van der Waals surface area (Å²) in [5.74, 6) is 0.208. The fourth-order valence-corrected chi connectivity index (χ4v) is 3.48. The van der Waals surface area contributed by atoms with Crippen LogP contribution < -0.4 is 5.73 Å². The van der Waals surface area contributed by atoms with Crippen molar-refractivity contribution in [1.82, 2.24) is 24.3 Å². The van der Waals surface area contributed by atoms with Crippen LogP contribution in [-0.4, -0.2) is 30.1 Å². The first-order chi connectivity index (χ1) is 14.1. The van der Waals surface area contributed by atoms with Crippen LogP contribution in [0.1, 0.15) is 17.4 Å². The Morgan fingerprint density at radius 3 is 2.72 bits per heavy atom. The monoisotopic (exact) mass is 380 g/mol. The van der Waals surface area contributed by atoms with Gasteiger partial charge in [-0.3, -0.25) is 19.2 Å². The van der Waals surface area contributed by atoms with Crippen LogP contribution in [0.25, 0.3) is 39.1 Å². The van der Waals surface area contributed by atoms with Crippen molar-refractivity contribution in [2.45, 2.75) is 6.92 Å². The number of benzene rings is 1. The molecule has 0 aliphatic rings. The number of hydrogen-bond acceptors (Lipinski definition) is 6. The van der Waals surface area contributed by atoms with Gasteiger partial charge < -0.3 is 5.73 Å². The molecule has 0 unspecified atom stereocenters. The molecule has 1 aromatic carbocycles. The molecule has 0 aliphatic carbocycles. The van der Waals surface area contributed by atoms with Gasteiger partial charge in [-0.25, -0.2) is 9.97 Å². The predicted molar refractivity (Wildman–Crippen MR) is 111 cm³/mol. The van der Waals surface area contributed by atoms with E-state index in [0.717, 1.165) is 27.7 Å². The van der Waals surface area contributed by atoms with E-state index in [4.69, 9.17) is 5.73 Å². The average molecular weight is 380 g/mol. The SMILES string of the molecule is CC(=O)c1cc(-c2nc(N)c3nccn3c2-c2ccc3ncccc3c2)ccn1. The number of hydrogen-bond donors (Lipinski definition) is 1. The Labute approximate surface area is 165 Å². The lowest BCUT2D eigenvalue weighted by Crippen LogP contribution is -2.04. The van der Waals surface area contributed by atoms with E-state index in [1.807, 2.05) is 40.9 Å². The van der Waals surface area contributed by atoms with Crippen molar-refractivity contribution in [3.63, 3.8) is 0 Å². The number of imidazole rings is 1. The Bertz CT molecular complexity index is 1410. The summed E-state index contributed by atoms with van der Waals surface area (Å²) in [6.45, 7) is 1.49. The maximum absolute atomic E-state index is 11.8. The number of pyridine rings is 2. The smallest absolute Gasteiger partial charge is 0.180 e. The molecule has 0 amide bonds. The zero-order chi connectivity index (χ0) is 20.0. The highest BCUT2D eigenvalue weighted by molar-refractivity contribution is 5.94. The summed E-state index contributed by atoms with van der Waals surface area (Å²) in [5.41, 5.74) is 11.2. The molecule has 0 atom stereocenters. The number of ketones is 1. The van der Waals surface area contributed by atoms with Gasteiger partial charge in [0.15, 0.2) is 17.2 Å². The molecule has 0 aliphatic heterocycles. The molecule has 0 radical (unpaired) electrons. The molecule has 0 bridgehead atoms. The van der Waals surface area contributed by atoms with Crippen LogP contribution in [-0.2, 0) is 0 Å². The second-order valence-corrected chi connectivity index (χ2v) is 6.71. The number of nitrogens with zero attached hydrogens (tertiary/aromatic N) is 5. The largest absolute Gasteiger partial charge is 0.381 e. The molecule has 7 heteroatoms. The number of nitrogen functional groups attached to an aromatic ring is 1. The molecule has 4 aromatic heterocycles. The molecule has 4 heterocycles. The summed E-state index contributed by atoms with van der Waals surface area (Å²) in [6, 6.07) is 13.5. The minimum Gasteiger partial charge on any atom is -0.381 e. The fourth-order valence-electron chi connectivity index (χ4n) is 3.48. The van der Waals surface area contributed by atoms with Gasteiger partial charge in [-0.1, -0.05) is 12.1 Å². The Balaban J connectivity index is 1.84. The van der Waals surface area contributed by atoms with Crippen molar-refractivity contribution < 1.29 is 4.79 Å². The predicted octanol–water partition coefficient (Wildman–Crippen LogP) is 3.79. The van der Waals surface area contributed by atoms with E-state index in [2.05, 4.69) is 26.0 Å². The number of aromatic nitrogens is 5. The summed E-state index contributed by atoms with van der Waals surface area (Å²) < 4.78 is 1.92. The van der Waals surface area contributed by atoms with E-state index in [0.29, 0.717) is 22.9 Å². The van der Waals surface area contributed by atoms with Gasteiger partial charge in [0.25, 0.3) is 0 Å². The highest BCUT2D eigenvalue weighted by atomic mass is 16.1. The molecule has 0 saturated heterocycles. The van der Waals surface area contributed by atoms with Crippen molar-refractivity contribution in [2.24, 2.45) is 0 Å². The van der Waals surface area contributed by atoms with Gasteiger partial charge in [0, 0.05) is 48.2 Å². The van der Waals surface area contributed by atoms with Crippen molar-refractivity contribution in [1.29, 1.82) is 0 Å². The van der Waals surface area contributed by atoms with Gasteiger partial charge >= 0.3 is 0 Å². The third-order valence-electron chi connectivity index (χ3n) is 4.84. The first kappa shape index (κ1) is 17.0. The summed E-state index contributed by atoms with van der Waals surface area (Å²) in [7, 11) is 0. The maximum Gasteiger partial charge on any atom is 0.180 e. The second-order valence-electron chi connectivity index (χ2n) is 6.71.